The zero-order chi connectivity index (χ0) is 42.9. The topological polar surface area (TPSA) is 344 Å². The Morgan fingerprint density at radius 3 is 1.70 bits per heavy atom. The van der Waals surface area contributed by atoms with E-state index in [2.05, 4.69) is 26.6 Å². The van der Waals surface area contributed by atoms with Gasteiger partial charge in [0.05, 0.1) is 12.1 Å². The Balaban J connectivity index is 3.22. The first-order chi connectivity index (χ1) is 26.1. The molecule has 1 unspecified atom stereocenters. The SMILES string of the molecule is CCC[C@H](NC(=O)[C@@H]1CCCN1C(=O)[C@@H](NC(=O)[C@@H](NC(=O)[C@H](CCC(=O)O)NC(=O)[C@H](CCC(=O)O)NC(C)=O)C(C)O)C(C)C)C(=O)C(=O)NCC(=O)O. The van der Waals surface area contributed by atoms with Crippen molar-refractivity contribution in [2.75, 3.05) is 13.1 Å². The molecule has 10 N–H and O–H groups in total. The summed E-state index contributed by atoms with van der Waals surface area (Å²) in [6, 6.07) is -8.62. The van der Waals surface area contributed by atoms with Gasteiger partial charge in [0, 0.05) is 26.3 Å². The van der Waals surface area contributed by atoms with Crippen molar-refractivity contribution in [3.8, 4) is 0 Å². The van der Waals surface area contributed by atoms with E-state index in [1.54, 1.807) is 20.8 Å². The van der Waals surface area contributed by atoms with Crippen LogP contribution in [-0.2, 0) is 52.7 Å². The molecule has 1 aliphatic heterocycles. The van der Waals surface area contributed by atoms with Gasteiger partial charge < -0.3 is 57.2 Å². The molecular weight excluding hydrogens is 746 g/mol. The zero-order valence-corrected chi connectivity index (χ0v) is 31.9. The van der Waals surface area contributed by atoms with E-state index >= 15 is 0 Å². The fraction of sp³-hybridized carbons (Fsp3) is 0.676. The highest BCUT2D eigenvalue weighted by Gasteiger charge is 2.41. The summed E-state index contributed by atoms with van der Waals surface area (Å²) in [6.45, 7) is 6.28. The number of aliphatic carboxylic acids is 3. The van der Waals surface area contributed by atoms with E-state index in [1.807, 2.05) is 5.32 Å². The summed E-state index contributed by atoms with van der Waals surface area (Å²) in [5, 5.41) is 51.2. The molecule has 0 aliphatic carbocycles. The second-order valence-corrected chi connectivity index (χ2v) is 13.6. The number of aliphatic hydroxyl groups is 1. The van der Waals surface area contributed by atoms with Crippen LogP contribution in [-0.4, -0.2) is 146 Å². The van der Waals surface area contributed by atoms with Crippen molar-refractivity contribution >= 4 is 65.0 Å². The quantitative estimate of drug-likeness (QED) is 0.0429. The number of carbonyl (C=O) groups is 11. The third-order valence-electron chi connectivity index (χ3n) is 8.59. The van der Waals surface area contributed by atoms with Crippen LogP contribution >= 0.6 is 0 Å². The highest BCUT2D eigenvalue weighted by Crippen LogP contribution is 2.21. The van der Waals surface area contributed by atoms with E-state index in [0.717, 1.165) is 13.8 Å². The number of rotatable bonds is 24. The van der Waals surface area contributed by atoms with Crippen LogP contribution in [0.4, 0.5) is 0 Å². The maximum atomic E-state index is 13.9. The maximum Gasteiger partial charge on any atom is 0.322 e. The maximum absolute atomic E-state index is 13.9. The fourth-order valence-corrected chi connectivity index (χ4v) is 5.71. The average Bonchev–Trinajstić information content (AvgIpc) is 3.60. The fourth-order valence-electron chi connectivity index (χ4n) is 5.71. The first kappa shape index (κ1) is 48.3. The van der Waals surface area contributed by atoms with Crippen molar-refractivity contribution < 1.29 is 73.2 Å². The molecule has 0 radical (unpaired) electrons. The number of ketones is 1. The Hall–Kier alpha value is -5.67. The number of aliphatic hydroxyl groups excluding tert-OH is 1. The number of hydrogen-bond donors (Lipinski definition) is 10. The number of amides is 7. The highest BCUT2D eigenvalue weighted by atomic mass is 16.4. The van der Waals surface area contributed by atoms with Gasteiger partial charge in [0.25, 0.3) is 5.91 Å². The second-order valence-electron chi connectivity index (χ2n) is 13.6. The van der Waals surface area contributed by atoms with Gasteiger partial charge in [0.2, 0.25) is 41.2 Å². The predicted octanol–water partition coefficient (Wildman–Crippen LogP) is -3.24. The molecule has 1 heterocycles. The van der Waals surface area contributed by atoms with Gasteiger partial charge >= 0.3 is 17.9 Å². The van der Waals surface area contributed by atoms with Gasteiger partial charge in [-0.3, -0.25) is 52.7 Å². The minimum Gasteiger partial charge on any atom is -0.481 e. The Kier molecular flexibility index (Phi) is 20.1. The van der Waals surface area contributed by atoms with E-state index in [1.165, 1.54) is 4.90 Å². The molecule has 0 bridgehead atoms. The van der Waals surface area contributed by atoms with Crippen LogP contribution in [0, 0.1) is 5.92 Å². The highest BCUT2D eigenvalue weighted by molar-refractivity contribution is 6.38. The Morgan fingerprint density at radius 1 is 0.679 bits per heavy atom. The van der Waals surface area contributed by atoms with Crippen LogP contribution < -0.4 is 31.9 Å². The lowest BCUT2D eigenvalue weighted by Crippen LogP contribution is -2.62. The third kappa shape index (κ3) is 16.0. The molecule has 7 amide bonds. The molecule has 7 atom stereocenters. The van der Waals surface area contributed by atoms with E-state index in [-0.39, 0.29) is 25.8 Å². The molecule has 0 saturated carbocycles. The van der Waals surface area contributed by atoms with Crippen LogP contribution in [0.1, 0.15) is 86.0 Å². The van der Waals surface area contributed by atoms with Crippen molar-refractivity contribution in [1.29, 1.82) is 0 Å². The van der Waals surface area contributed by atoms with E-state index in [0.29, 0.717) is 12.8 Å². The molecule has 22 heteroatoms. The number of carbonyl (C=O) groups excluding carboxylic acids is 8. The van der Waals surface area contributed by atoms with Gasteiger partial charge in [-0.15, -0.1) is 0 Å². The number of likely N-dealkylation sites (tertiary alicyclic amines) is 1. The summed E-state index contributed by atoms with van der Waals surface area (Å²) in [7, 11) is 0. The van der Waals surface area contributed by atoms with Gasteiger partial charge in [-0.05, 0) is 44.9 Å². The first-order valence-electron chi connectivity index (χ1n) is 18.1. The summed E-state index contributed by atoms with van der Waals surface area (Å²) in [4.78, 5) is 138. The molecule has 1 fully saturated rings. The molecule has 0 spiro atoms. The number of carboxylic acids is 3. The average molecular weight is 800 g/mol. The number of nitrogens with zero attached hydrogens (tertiary/aromatic N) is 1. The predicted molar refractivity (Wildman–Crippen MR) is 191 cm³/mol. The summed E-state index contributed by atoms with van der Waals surface area (Å²) in [6.07, 6.45) is -2.81. The van der Waals surface area contributed by atoms with Gasteiger partial charge in [0.15, 0.2) is 0 Å². The third-order valence-corrected chi connectivity index (χ3v) is 8.59. The number of carboxylic acid groups (broad SMARTS) is 3. The molecule has 1 aliphatic rings. The van der Waals surface area contributed by atoms with Crippen molar-refractivity contribution in [3.63, 3.8) is 0 Å². The second kappa shape index (κ2) is 23.3. The first-order valence-corrected chi connectivity index (χ1v) is 18.1. The molecule has 0 aromatic carbocycles. The van der Waals surface area contributed by atoms with E-state index in [4.69, 9.17) is 10.2 Å². The normalized spacial score (nSPS) is 16.8. The van der Waals surface area contributed by atoms with E-state index in [9.17, 15) is 63.0 Å². The van der Waals surface area contributed by atoms with Crippen LogP contribution in [0.2, 0.25) is 0 Å². The molecule has 314 valence electrons. The van der Waals surface area contributed by atoms with Crippen molar-refractivity contribution in [1.82, 2.24) is 36.8 Å². The largest absolute Gasteiger partial charge is 0.481 e. The molecule has 0 aromatic rings. The van der Waals surface area contributed by atoms with Gasteiger partial charge in [-0.25, -0.2) is 0 Å². The lowest BCUT2D eigenvalue weighted by Gasteiger charge is -2.32. The molecule has 22 nitrogen and oxygen atoms in total. The van der Waals surface area contributed by atoms with Crippen LogP contribution in [0.15, 0.2) is 0 Å². The monoisotopic (exact) mass is 799 g/mol. The molecule has 0 aromatic heterocycles. The Bertz CT molecular complexity index is 1500. The smallest absolute Gasteiger partial charge is 0.322 e. The van der Waals surface area contributed by atoms with Crippen molar-refractivity contribution in [2.24, 2.45) is 5.92 Å². The van der Waals surface area contributed by atoms with E-state index < -0.39 is 139 Å². The number of Topliss-reactive ketones (excluding diaryl/α,β-unsaturated/α-hetero) is 1. The Labute approximate surface area is 322 Å². The van der Waals surface area contributed by atoms with Gasteiger partial charge in [-0.1, -0.05) is 27.2 Å². The zero-order valence-electron chi connectivity index (χ0n) is 31.9. The van der Waals surface area contributed by atoms with Crippen LogP contribution in [0.25, 0.3) is 0 Å². The van der Waals surface area contributed by atoms with Crippen molar-refractivity contribution in [3.05, 3.63) is 0 Å². The molecular formula is C34H53N7O15. The lowest BCUT2D eigenvalue weighted by atomic mass is 10.0. The summed E-state index contributed by atoms with van der Waals surface area (Å²) in [5.74, 6) is -12.4. The van der Waals surface area contributed by atoms with Gasteiger partial charge in [-0.2, -0.15) is 0 Å². The summed E-state index contributed by atoms with van der Waals surface area (Å²) in [5.41, 5.74) is 0. The standard InChI is InChI=1S/C34H53N7O15/c1-6-8-19(28(50)33(55)35-15-25(48)49)37-31(53)22-9-7-14-41(22)34(56)26(16(2)3)39-32(54)27(17(4)42)40-30(52)21(11-13-24(46)47)38-29(51)20(36-18(5)43)10-12-23(44)45/h16-17,19-22,26-27,42H,6-15H2,1-5H3,(H,35,55)(H,36,43)(H,37,53)(H,38,51)(H,39,54)(H,40,52)(H,44,45)(H,46,47)(H,48,49)/t17?,19-,20-,21-,22-,26-,27-/m0/s1. The minimum absolute atomic E-state index is 0.0321. The Morgan fingerprint density at radius 2 is 1.21 bits per heavy atom. The summed E-state index contributed by atoms with van der Waals surface area (Å²) < 4.78 is 0. The minimum atomic E-state index is -1.77. The van der Waals surface area contributed by atoms with Crippen LogP contribution in [0.5, 0.6) is 0 Å². The molecule has 1 rings (SSSR count). The van der Waals surface area contributed by atoms with Gasteiger partial charge in [0.1, 0.15) is 36.8 Å². The molecule has 56 heavy (non-hydrogen) atoms. The van der Waals surface area contributed by atoms with Crippen molar-refractivity contribution in [2.45, 2.75) is 128 Å². The summed E-state index contributed by atoms with van der Waals surface area (Å²) >= 11 is 0. The van der Waals surface area contributed by atoms with Crippen LogP contribution in [0.3, 0.4) is 0 Å². The molecule has 1 saturated heterocycles. The number of nitrogens with one attached hydrogen (secondary N) is 6. The lowest BCUT2D eigenvalue weighted by molar-refractivity contribution is -0.145. The number of hydrogen-bond acceptors (Lipinski definition) is 12.